The van der Waals surface area contributed by atoms with Crippen LogP contribution < -0.4 is 10.0 Å². The van der Waals surface area contributed by atoms with Crippen LogP contribution in [0, 0.1) is 11.8 Å². The largest absolute Gasteiger partial charge is 0.391 e. The Hall–Kier alpha value is -0.750. The van der Waals surface area contributed by atoms with E-state index in [-0.39, 0.29) is 37.6 Å². The Morgan fingerprint density at radius 3 is 2.81 bits per heavy atom. The fraction of sp³-hybridized carbons (Fsp3) is 0.933. The summed E-state index contributed by atoms with van der Waals surface area (Å²) in [6.45, 7) is -2.87. The number of rotatable bonds is 6. The summed E-state index contributed by atoms with van der Waals surface area (Å²) < 4.78 is 58.8. The lowest BCUT2D eigenvalue weighted by molar-refractivity contribution is -0.127. The van der Waals surface area contributed by atoms with Gasteiger partial charge in [-0.25, -0.2) is 8.60 Å². The number of hydrogen-bond donors (Lipinski definition) is 3. The third kappa shape index (κ3) is 4.38. The number of halogens is 3. The van der Waals surface area contributed by atoms with E-state index in [1.54, 1.807) is 0 Å². The van der Waals surface area contributed by atoms with E-state index in [0.717, 1.165) is 12.8 Å². The van der Waals surface area contributed by atoms with Gasteiger partial charge in [-0.3, -0.25) is 9.52 Å². The van der Waals surface area contributed by atoms with Crippen molar-refractivity contribution in [2.75, 3.05) is 19.7 Å². The molecule has 0 aromatic carbocycles. The summed E-state index contributed by atoms with van der Waals surface area (Å²) >= 11 is -1.83. The van der Waals surface area contributed by atoms with Crippen LogP contribution in [0.1, 0.15) is 25.7 Å². The van der Waals surface area contributed by atoms with E-state index in [1.165, 1.54) is 4.31 Å². The van der Waals surface area contributed by atoms with E-state index in [2.05, 4.69) is 14.8 Å². The predicted octanol–water partition coefficient (Wildman–Crippen LogP) is 0.0819. The summed E-state index contributed by atoms with van der Waals surface area (Å²) in [5.41, 5.74) is 0. The van der Waals surface area contributed by atoms with E-state index in [0.29, 0.717) is 12.8 Å². The Labute approximate surface area is 152 Å². The Bertz CT molecular complexity index is 544. The Balaban J connectivity index is 1.59. The molecule has 1 aliphatic heterocycles. The van der Waals surface area contributed by atoms with Crippen molar-refractivity contribution in [1.82, 2.24) is 14.3 Å². The van der Waals surface area contributed by atoms with Gasteiger partial charge in [-0.15, -0.1) is 0 Å². The van der Waals surface area contributed by atoms with Crippen LogP contribution in [0.25, 0.3) is 0 Å². The number of carbonyl (C=O) groups is 1. The van der Waals surface area contributed by atoms with Crippen molar-refractivity contribution >= 4 is 17.1 Å². The fourth-order valence-corrected chi connectivity index (χ4v) is 5.51. The lowest BCUT2D eigenvalue weighted by atomic mass is 9.66. The molecule has 1 heterocycles. The van der Waals surface area contributed by atoms with Crippen molar-refractivity contribution in [1.29, 1.82) is 0 Å². The molecule has 11 heteroatoms. The molecule has 0 radical (unpaired) electrons. The normalized spacial score (nSPS) is 41.3. The van der Waals surface area contributed by atoms with Crippen molar-refractivity contribution in [3.8, 4) is 0 Å². The lowest BCUT2D eigenvalue weighted by Gasteiger charge is -2.48. The maximum atomic E-state index is 15.2. The van der Waals surface area contributed by atoms with Crippen molar-refractivity contribution in [3.63, 3.8) is 0 Å². The van der Waals surface area contributed by atoms with Gasteiger partial charge in [0.15, 0.2) is 11.2 Å². The van der Waals surface area contributed by atoms with Gasteiger partial charge in [0.2, 0.25) is 5.91 Å². The van der Waals surface area contributed by atoms with E-state index >= 15 is 4.39 Å². The highest BCUT2D eigenvalue weighted by Gasteiger charge is 2.51. The Morgan fingerprint density at radius 1 is 1.38 bits per heavy atom. The maximum absolute atomic E-state index is 15.2. The number of carbonyl (C=O) groups excluding carboxylic acids is 1. The number of nitrogens with zero attached hydrogens (tertiary/aromatic N) is 1. The number of alkyl halides is 3. The summed E-state index contributed by atoms with van der Waals surface area (Å²) in [4.78, 5) is 11.4. The van der Waals surface area contributed by atoms with Crippen molar-refractivity contribution in [2.45, 2.75) is 56.7 Å². The number of fused-ring (bicyclic) bond motifs is 1. The Kier molecular flexibility index (Phi) is 6.54. The molecule has 0 aromatic rings. The standard InChI is InChI=1S/C15H24F3N3O4S/c16-13-10-6-9(19-3-4-25-15(17)18)2-1-8(10)5-11(22)14(13)21-7-12(23)20-26(21)24/h8-11,13-15,19,22H,1-7H2,(H,20,23). The second kappa shape index (κ2) is 8.51. The van der Waals surface area contributed by atoms with E-state index in [1.807, 2.05) is 0 Å². The van der Waals surface area contributed by atoms with Crippen LogP contribution in [0.5, 0.6) is 0 Å². The first-order valence-corrected chi connectivity index (χ1v) is 9.90. The topological polar surface area (TPSA) is 90.9 Å². The number of aliphatic hydroxyl groups excluding tert-OH is 1. The average molecular weight is 399 g/mol. The molecule has 2 saturated carbocycles. The number of nitrogens with one attached hydrogen (secondary N) is 2. The zero-order valence-corrected chi connectivity index (χ0v) is 15.0. The minimum Gasteiger partial charge on any atom is -0.391 e. The highest BCUT2D eigenvalue weighted by Crippen LogP contribution is 2.44. The summed E-state index contributed by atoms with van der Waals surface area (Å²) in [5, 5.41) is 13.5. The first kappa shape index (κ1) is 20.0. The predicted molar refractivity (Wildman–Crippen MR) is 86.9 cm³/mol. The van der Waals surface area contributed by atoms with Gasteiger partial charge in [-0.05, 0) is 37.5 Å². The minimum absolute atomic E-state index is 0.0181. The molecule has 3 aliphatic rings. The van der Waals surface area contributed by atoms with Crippen molar-refractivity contribution in [3.05, 3.63) is 0 Å². The molecular weight excluding hydrogens is 375 g/mol. The van der Waals surface area contributed by atoms with Crippen LogP contribution in [-0.2, 0) is 20.7 Å². The van der Waals surface area contributed by atoms with Crippen molar-refractivity contribution in [2.24, 2.45) is 11.8 Å². The summed E-state index contributed by atoms with van der Waals surface area (Å²) in [5.74, 6) is -0.767. The van der Waals surface area contributed by atoms with Crippen molar-refractivity contribution < 1.29 is 32.0 Å². The molecule has 7 unspecified atom stereocenters. The maximum Gasteiger partial charge on any atom is 0.345 e. The van der Waals surface area contributed by atoms with Gasteiger partial charge >= 0.3 is 6.61 Å². The van der Waals surface area contributed by atoms with Crippen LogP contribution in [-0.4, -0.2) is 70.2 Å². The summed E-state index contributed by atoms with van der Waals surface area (Å²) in [6.07, 6.45) is 0.0111. The summed E-state index contributed by atoms with van der Waals surface area (Å²) in [6, 6.07) is -1.01. The number of aliphatic hydroxyl groups is 1. The molecule has 2 aliphatic carbocycles. The molecule has 26 heavy (non-hydrogen) atoms. The molecule has 150 valence electrons. The van der Waals surface area contributed by atoms with E-state index in [9.17, 15) is 22.9 Å². The number of hydrogen-bond acceptors (Lipinski definition) is 5. The van der Waals surface area contributed by atoms with Gasteiger partial charge < -0.3 is 15.2 Å². The first-order valence-electron chi connectivity index (χ1n) is 8.80. The third-order valence-corrected chi connectivity index (χ3v) is 6.75. The van der Waals surface area contributed by atoms with Gasteiger partial charge in [0, 0.05) is 12.6 Å². The number of amides is 1. The minimum atomic E-state index is -2.80. The molecule has 3 N–H and O–H groups in total. The summed E-state index contributed by atoms with van der Waals surface area (Å²) in [7, 11) is 0. The van der Waals surface area contributed by atoms with Crippen LogP contribution in [0.3, 0.4) is 0 Å². The molecule has 0 aromatic heterocycles. The number of ether oxygens (including phenoxy) is 1. The Morgan fingerprint density at radius 2 is 2.15 bits per heavy atom. The van der Waals surface area contributed by atoms with Crippen LogP contribution >= 0.6 is 0 Å². The molecule has 0 bridgehead atoms. The second-order valence-electron chi connectivity index (χ2n) is 7.11. The molecule has 7 nitrogen and oxygen atoms in total. The van der Waals surface area contributed by atoms with Crippen LogP contribution in [0.2, 0.25) is 0 Å². The van der Waals surface area contributed by atoms with Gasteiger partial charge in [0.25, 0.3) is 0 Å². The highest BCUT2D eigenvalue weighted by atomic mass is 32.2. The average Bonchev–Trinajstić information content (AvgIpc) is 2.90. The van der Waals surface area contributed by atoms with E-state index < -0.39 is 42.0 Å². The van der Waals surface area contributed by atoms with Crippen LogP contribution in [0.4, 0.5) is 13.2 Å². The first-order chi connectivity index (χ1) is 12.4. The molecule has 3 rings (SSSR count). The smallest absolute Gasteiger partial charge is 0.345 e. The zero-order chi connectivity index (χ0) is 18.8. The van der Waals surface area contributed by atoms with Crippen LogP contribution in [0.15, 0.2) is 0 Å². The van der Waals surface area contributed by atoms with Gasteiger partial charge in [-0.1, -0.05) is 0 Å². The third-order valence-electron chi connectivity index (χ3n) is 5.55. The second-order valence-corrected chi connectivity index (χ2v) is 8.28. The quantitative estimate of drug-likeness (QED) is 0.551. The molecular formula is C15H24F3N3O4S. The van der Waals surface area contributed by atoms with Gasteiger partial charge in [0.05, 0.1) is 25.3 Å². The van der Waals surface area contributed by atoms with Gasteiger partial charge in [0.1, 0.15) is 6.17 Å². The molecule has 7 atom stereocenters. The molecule has 3 fully saturated rings. The highest BCUT2D eigenvalue weighted by molar-refractivity contribution is 7.81. The molecule has 0 spiro atoms. The monoisotopic (exact) mass is 399 g/mol. The lowest BCUT2D eigenvalue weighted by Crippen LogP contribution is -2.58. The van der Waals surface area contributed by atoms with Gasteiger partial charge in [-0.2, -0.15) is 13.1 Å². The van der Waals surface area contributed by atoms with E-state index in [4.69, 9.17) is 0 Å². The SMILES string of the molecule is O=C1CN(C2C(O)CC3CCC(NCCOC(F)F)CC3C2F)S(=O)N1. The molecule has 1 amide bonds. The molecule has 1 saturated heterocycles. The zero-order valence-electron chi connectivity index (χ0n) is 14.2. The fourth-order valence-electron chi connectivity index (χ4n) is 4.42.